The van der Waals surface area contributed by atoms with Crippen LogP contribution in [0.3, 0.4) is 0 Å². The molecular weight excluding hydrogens is 380 g/mol. The number of hydrogen-bond acceptors (Lipinski definition) is 6. The average molecular weight is 413 g/mol. The van der Waals surface area contributed by atoms with Gasteiger partial charge in [0.1, 0.15) is 5.82 Å². The third-order valence-corrected chi connectivity index (χ3v) is 5.23. The summed E-state index contributed by atoms with van der Waals surface area (Å²) in [5, 5.41) is 6.66. The van der Waals surface area contributed by atoms with Crippen LogP contribution in [0.4, 0.5) is 5.82 Å². The molecule has 0 aliphatic carbocycles. The Hall–Kier alpha value is -3.00. The summed E-state index contributed by atoms with van der Waals surface area (Å²) in [5.41, 5.74) is 2.19. The number of piperazine rings is 1. The smallest absolute Gasteiger partial charge is 0.191 e. The van der Waals surface area contributed by atoms with Gasteiger partial charge in [0.15, 0.2) is 17.5 Å². The SMILES string of the molecule is CN=C(NCc1ccc(N2CCN(C)CC2)nc1)NCc1ccc(OC)c(OC)c1. The Bertz CT molecular complexity index is 832. The van der Waals surface area contributed by atoms with Crippen molar-refractivity contribution in [3.63, 3.8) is 0 Å². The predicted octanol–water partition coefficient (Wildman–Crippen LogP) is 1.72. The third-order valence-electron chi connectivity index (χ3n) is 5.23. The fraction of sp³-hybridized carbons (Fsp3) is 0.455. The predicted molar refractivity (Wildman–Crippen MR) is 121 cm³/mol. The van der Waals surface area contributed by atoms with Crippen LogP contribution >= 0.6 is 0 Å². The minimum Gasteiger partial charge on any atom is -0.493 e. The van der Waals surface area contributed by atoms with Crippen LogP contribution in [0.2, 0.25) is 0 Å². The molecule has 0 spiro atoms. The molecule has 30 heavy (non-hydrogen) atoms. The summed E-state index contributed by atoms with van der Waals surface area (Å²) < 4.78 is 10.6. The molecule has 0 amide bonds. The first-order valence-electron chi connectivity index (χ1n) is 10.2. The minimum absolute atomic E-state index is 0.626. The van der Waals surface area contributed by atoms with Crippen LogP contribution in [0.5, 0.6) is 11.5 Å². The molecule has 0 radical (unpaired) electrons. The largest absolute Gasteiger partial charge is 0.493 e. The number of rotatable bonds is 7. The lowest BCUT2D eigenvalue weighted by atomic mass is 10.2. The van der Waals surface area contributed by atoms with Gasteiger partial charge in [-0.15, -0.1) is 0 Å². The van der Waals surface area contributed by atoms with E-state index >= 15 is 0 Å². The first-order chi connectivity index (χ1) is 14.6. The summed E-state index contributed by atoms with van der Waals surface area (Å²) in [5.74, 6) is 3.21. The number of guanidine groups is 1. The second-order valence-corrected chi connectivity index (χ2v) is 7.28. The lowest BCUT2D eigenvalue weighted by Crippen LogP contribution is -2.44. The Kier molecular flexibility index (Phi) is 7.73. The van der Waals surface area contributed by atoms with Crippen molar-refractivity contribution in [3.8, 4) is 11.5 Å². The van der Waals surface area contributed by atoms with Crippen molar-refractivity contribution in [3.05, 3.63) is 47.7 Å². The summed E-state index contributed by atoms with van der Waals surface area (Å²) >= 11 is 0. The Morgan fingerprint density at radius 2 is 1.63 bits per heavy atom. The topological polar surface area (TPSA) is 74.3 Å². The molecule has 2 aromatic rings. The van der Waals surface area contributed by atoms with Gasteiger partial charge in [0.2, 0.25) is 0 Å². The van der Waals surface area contributed by atoms with Crippen LogP contribution in [0.1, 0.15) is 11.1 Å². The molecule has 1 saturated heterocycles. The lowest BCUT2D eigenvalue weighted by molar-refractivity contribution is 0.312. The van der Waals surface area contributed by atoms with Gasteiger partial charge in [0, 0.05) is 52.5 Å². The van der Waals surface area contributed by atoms with E-state index in [9.17, 15) is 0 Å². The van der Waals surface area contributed by atoms with Crippen molar-refractivity contribution in [2.75, 3.05) is 59.4 Å². The summed E-state index contributed by atoms with van der Waals surface area (Å²) in [6, 6.07) is 10.1. The zero-order valence-electron chi connectivity index (χ0n) is 18.3. The maximum Gasteiger partial charge on any atom is 0.191 e. The van der Waals surface area contributed by atoms with E-state index < -0.39 is 0 Å². The number of hydrogen-bond donors (Lipinski definition) is 2. The average Bonchev–Trinajstić information content (AvgIpc) is 2.80. The van der Waals surface area contributed by atoms with Gasteiger partial charge in [-0.3, -0.25) is 4.99 Å². The lowest BCUT2D eigenvalue weighted by Gasteiger charge is -2.33. The fourth-order valence-corrected chi connectivity index (χ4v) is 3.33. The molecule has 0 saturated carbocycles. The molecule has 2 N–H and O–H groups in total. The maximum absolute atomic E-state index is 5.36. The highest BCUT2D eigenvalue weighted by Crippen LogP contribution is 2.27. The monoisotopic (exact) mass is 412 g/mol. The molecule has 8 nitrogen and oxygen atoms in total. The van der Waals surface area contributed by atoms with E-state index in [4.69, 9.17) is 9.47 Å². The van der Waals surface area contributed by atoms with Crippen LogP contribution in [0, 0.1) is 0 Å². The number of ether oxygens (including phenoxy) is 2. The molecule has 1 aliphatic rings. The first-order valence-corrected chi connectivity index (χ1v) is 10.2. The normalized spacial score (nSPS) is 15.1. The molecule has 0 bridgehead atoms. The van der Waals surface area contributed by atoms with Crippen LogP contribution in [0.25, 0.3) is 0 Å². The maximum atomic E-state index is 5.36. The molecular formula is C22H32N6O2. The molecule has 1 aromatic heterocycles. The quantitative estimate of drug-likeness (QED) is 0.530. The van der Waals surface area contributed by atoms with Gasteiger partial charge >= 0.3 is 0 Å². The summed E-state index contributed by atoms with van der Waals surface area (Å²) in [6.07, 6.45) is 1.93. The fourth-order valence-electron chi connectivity index (χ4n) is 3.33. The zero-order valence-corrected chi connectivity index (χ0v) is 18.3. The van der Waals surface area contributed by atoms with Crippen molar-refractivity contribution in [1.82, 2.24) is 20.5 Å². The van der Waals surface area contributed by atoms with Crippen molar-refractivity contribution >= 4 is 11.8 Å². The van der Waals surface area contributed by atoms with E-state index in [-0.39, 0.29) is 0 Å². The summed E-state index contributed by atoms with van der Waals surface area (Å²) in [4.78, 5) is 13.6. The minimum atomic E-state index is 0.626. The van der Waals surface area contributed by atoms with Crippen LogP contribution in [-0.4, -0.2) is 70.3 Å². The highest BCUT2D eigenvalue weighted by Gasteiger charge is 2.15. The summed E-state index contributed by atoms with van der Waals surface area (Å²) in [7, 11) is 7.19. The van der Waals surface area contributed by atoms with Crippen LogP contribution in [-0.2, 0) is 13.1 Å². The molecule has 0 atom stereocenters. The highest BCUT2D eigenvalue weighted by molar-refractivity contribution is 5.79. The number of aliphatic imine (C=N–C) groups is 1. The summed E-state index contributed by atoms with van der Waals surface area (Å²) in [6.45, 7) is 5.48. The standard InChI is InChI=1S/C22H32N6O2/c1-23-22(25-14-17-5-7-19(29-3)20(13-17)30-4)26-16-18-6-8-21(24-15-18)28-11-9-27(2)10-12-28/h5-8,13,15H,9-12,14,16H2,1-4H3,(H2,23,25,26). The molecule has 0 unspecified atom stereocenters. The van der Waals surface area contributed by atoms with Gasteiger partial charge in [0.25, 0.3) is 0 Å². The number of anilines is 1. The van der Waals surface area contributed by atoms with E-state index in [1.54, 1.807) is 21.3 Å². The number of pyridine rings is 1. The van der Waals surface area contributed by atoms with Gasteiger partial charge in [-0.2, -0.15) is 0 Å². The van der Waals surface area contributed by atoms with Crippen molar-refractivity contribution in [2.24, 2.45) is 4.99 Å². The number of benzene rings is 1. The van der Waals surface area contributed by atoms with E-state index in [1.165, 1.54) is 0 Å². The van der Waals surface area contributed by atoms with Crippen LogP contribution in [0.15, 0.2) is 41.5 Å². The zero-order chi connectivity index (χ0) is 21.3. The third kappa shape index (κ3) is 5.76. The molecule has 8 heteroatoms. The number of nitrogens with zero attached hydrogens (tertiary/aromatic N) is 4. The second-order valence-electron chi connectivity index (χ2n) is 7.28. The second kappa shape index (κ2) is 10.7. The molecule has 1 aromatic carbocycles. The number of aromatic nitrogens is 1. The highest BCUT2D eigenvalue weighted by atomic mass is 16.5. The Morgan fingerprint density at radius 1 is 0.967 bits per heavy atom. The number of likely N-dealkylation sites (N-methyl/N-ethyl adjacent to an activating group) is 1. The van der Waals surface area contributed by atoms with E-state index in [2.05, 4.69) is 49.6 Å². The van der Waals surface area contributed by atoms with Crippen molar-refractivity contribution in [2.45, 2.75) is 13.1 Å². The van der Waals surface area contributed by atoms with Crippen LogP contribution < -0.4 is 25.0 Å². The van der Waals surface area contributed by atoms with Gasteiger partial charge in [0.05, 0.1) is 14.2 Å². The Balaban J connectivity index is 1.49. The molecule has 3 rings (SSSR count). The van der Waals surface area contributed by atoms with E-state index in [1.807, 2.05) is 24.4 Å². The number of nitrogens with one attached hydrogen (secondary N) is 2. The van der Waals surface area contributed by atoms with Gasteiger partial charge in [-0.25, -0.2) is 4.98 Å². The van der Waals surface area contributed by atoms with Gasteiger partial charge in [-0.1, -0.05) is 12.1 Å². The van der Waals surface area contributed by atoms with Gasteiger partial charge in [-0.05, 0) is 36.4 Å². The number of methoxy groups -OCH3 is 2. The Labute approximate surface area is 178 Å². The van der Waals surface area contributed by atoms with E-state index in [0.29, 0.717) is 18.8 Å². The molecule has 1 fully saturated rings. The van der Waals surface area contributed by atoms with Crippen molar-refractivity contribution < 1.29 is 9.47 Å². The Morgan fingerprint density at radius 3 is 2.23 bits per heavy atom. The van der Waals surface area contributed by atoms with E-state index in [0.717, 1.165) is 54.8 Å². The molecule has 162 valence electrons. The molecule has 1 aliphatic heterocycles. The van der Waals surface area contributed by atoms with Crippen molar-refractivity contribution in [1.29, 1.82) is 0 Å². The molecule has 2 heterocycles. The first kappa shape index (κ1) is 21.7. The van der Waals surface area contributed by atoms with Gasteiger partial charge < -0.3 is 29.9 Å².